The Balaban J connectivity index is 1.12. The molecule has 8 nitrogen and oxygen atoms in total. The number of carbonyl (C=O) groups excluding carboxylic acids is 3. The van der Waals surface area contributed by atoms with Gasteiger partial charge in [0, 0.05) is 56.0 Å². The fourth-order valence-electron chi connectivity index (χ4n) is 6.06. The zero-order valence-corrected chi connectivity index (χ0v) is 19.7. The van der Waals surface area contributed by atoms with E-state index in [1.807, 2.05) is 30.6 Å². The zero-order chi connectivity index (χ0) is 23.9. The number of aromatic nitrogens is 1. The summed E-state index contributed by atoms with van der Waals surface area (Å²) in [5.74, 6) is 0.528. The summed E-state index contributed by atoms with van der Waals surface area (Å²) in [5.41, 5.74) is 2.85. The molecule has 35 heavy (non-hydrogen) atoms. The lowest BCUT2D eigenvalue weighted by molar-refractivity contribution is -0.136. The van der Waals surface area contributed by atoms with E-state index in [1.54, 1.807) is 4.90 Å². The van der Waals surface area contributed by atoms with Crippen molar-refractivity contribution in [1.82, 2.24) is 20.1 Å². The summed E-state index contributed by atoms with van der Waals surface area (Å²) < 4.78 is 6.54. The van der Waals surface area contributed by atoms with Gasteiger partial charge in [0.25, 0.3) is 5.91 Å². The van der Waals surface area contributed by atoms with Crippen LogP contribution in [0.5, 0.6) is 5.75 Å². The summed E-state index contributed by atoms with van der Waals surface area (Å²) in [6.07, 6.45) is 9.04. The van der Waals surface area contributed by atoms with Crippen LogP contribution in [0.3, 0.4) is 0 Å². The third kappa shape index (κ3) is 4.20. The quantitative estimate of drug-likeness (QED) is 0.670. The van der Waals surface area contributed by atoms with Gasteiger partial charge in [0.05, 0.1) is 0 Å². The zero-order valence-electron chi connectivity index (χ0n) is 19.7. The lowest BCUT2D eigenvalue weighted by atomic mass is 9.84. The molecule has 0 radical (unpaired) electrons. The number of pyridine rings is 1. The number of carbonyl (C=O) groups is 3. The van der Waals surface area contributed by atoms with Crippen LogP contribution in [0.4, 0.5) is 0 Å². The first-order valence-electron chi connectivity index (χ1n) is 12.6. The number of hydrogen-bond acceptors (Lipinski definition) is 6. The van der Waals surface area contributed by atoms with E-state index >= 15 is 0 Å². The van der Waals surface area contributed by atoms with Crippen LogP contribution in [-0.2, 0) is 16.1 Å². The van der Waals surface area contributed by atoms with Crippen LogP contribution < -0.4 is 10.1 Å². The second kappa shape index (κ2) is 9.07. The smallest absolute Gasteiger partial charge is 0.255 e. The fraction of sp³-hybridized carbons (Fsp3) is 0.481. The first-order valence-corrected chi connectivity index (χ1v) is 12.6. The van der Waals surface area contributed by atoms with Crippen LogP contribution >= 0.6 is 0 Å². The molecule has 6 rings (SSSR count). The molecule has 4 aliphatic rings. The largest absolute Gasteiger partial charge is 0.489 e. The highest BCUT2D eigenvalue weighted by molar-refractivity contribution is 6.05. The number of benzene rings is 1. The Hall–Kier alpha value is -3.26. The maximum absolute atomic E-state index is 13.0. The highest BCUT2D eigenvalue weighted by Gasteiger charge is 2.41. The van der Waals surface area contributed by atoms with Crippen LogP contribution in [0.1, 0.15) is 65.9 Å². The number of nitrogens with zero attached hydrogens (tertiary/aromatic N) is 3. The first kappa shape index (κ1) is 22.2. The Labute approximate surface area is 204 Å². The number of ether oxygens (including phenoxy) is 1. The molecule has 182 valence electrons. The highest BCUT2D eigenvalue weighted by Crippen LogP contribution is 2.36. The van der Waals surface area contributed by atoms with Crippen molar-refractivity contribution in [2.45, 2.75) is 69.2 Å². The van der Waals surface area contributed by atoms with Crippen molar-refractivity contribution in [2.24, 2.45) is 0 Å². The molecule has 3 aliphatic heterocycles. The maximum atomic E-state index is 13.0. The van der Waals surface area contributed by atoms with Gasteiger partial charge in [-0.25, -0.2) is 0 Å². The third-order valence-electron chi connectivity index (χ3n) is 8.01. The minimum absolute atomic E-state index is 0.128. The van der Waals surface area contributed by atoms with Gasteiger partial charge < -0.3 is 9.64 Å². The average Bonchev–Trinajstić information content (AvgIpc) is 3.15. The second-order valence-corrected chi connectivity index (χ2v) is 10.2. The number of piperidine rings is 1. The van der Waals surface area contributed by atoms with Crippen molar-refractivity contribution in [2.75, 3.05) is 13.1 Å². The van der Waals surface area contributed by atoms with Gasteiger partial charge in [-0.15, -0.1) is 0 Å². The van der Waals surface area contributed by atoms with Crippen molar-refractivity contribution in [3.63, 3.8) is 0 Å². The summed E-state index contributed by atoms with van der Waals surface area (Å²) in [7, 11) is 0. The fourth-order valence-corrected chi connectivity index (χ4v) is 6.06. The number of amides is 3. The third-order valence-corrected chi connectivity index (χ3v) is 8.01. The van der Waals surface area contributed by atoms with E-state index in [9.17, 15) is 14.4 Å². The number of nitrogens with one attached hydrogen (secondary N) is 1. The molecular weight excluding hydrogens is 444 g/mol. The average molecular weight is 475 g/mol. The Morgan fingerprint density at radius 3 is 2.57 bits per heavy atom. The summed E-state index contributed by atoms with van der Waals surface area (Å²) in [4.78, 5) is 45.0. The van der Waals surface area contributed by atoms with Crippen LogP contribution in [-0.4, -0.2) is 63.8 Å². The van der Waals surface area contributed by atoms with Gasteiger partial charge in [-0.2, -0.15) is 0 Å². The monoisotopic (exact) mass is 474 g/mol. The van der Waals surface area contributed by atoms with Crippen LogP contribution in [0.25, 0.3) is 0 Å². The van der Waals surface area contributed by atoms with E-state index in [-0.39, 0.29) is 30.2 Å². The Morgan fingerprint density at radius 1 is 0.971 bits per heavy atom. The molecule has 3 unspecified atom stereocenters. The molecule has 3 atom stereocenters. The molecule has 2 saturated heterocycles. The molecular formula is C27H30N4O4. The molecule has 0 bridgehead atoms. The van der Waals surface area contributed by atoms with Crippen LogP contribution in [0, 0.1) is 0 Å². The lowest BCUT2D eigenvalue weighted by Gasteiger charge is -2.48. The van der Waals surface area contributed by atoms with Gasteiger partial charge in [0.1, 0.15) is 17.9 Å². The second-order valence-electron chi connectivity index (χ2n) is 10.2. The highest BCUT2D eigenvalue weighted by atomic mass is 16.5. The molecule has 0 spiro atoms. The number of rotatable bonds is 5. The predicted octanol–water partition coefficient (Wildman–Crippen LogP) is 2.63. The van der Waals surface area contributed by atoms with Crippen LogP contribution in [0.2, 0.25) is 0 Å². The maximum Gasteiger partial charge on any atom is 0.255 e. The van der Waals surface area contributed by atoms with E-state index in [2.05, 4.69) is 27.3 Å². The summed E-state index contributed by atoms with van der Waals surface area (Å²) in [6.45, 7) is 2.47. The van der Waals surface area contributed by atoms with Gasteiger partial charge in [-0.3, -0.25) is 29.6 Å². The van der Waals surface area contributed by atoms with E-state index in [1.165, 1.54) is 12.0 Å². The summed E-state index contributed by atoms with van der Waals surface area (Å²) in [5, 5.41) is 2.35. The lowest BCUT2D eigenvalue weighted by Crippen LogP contribution is -2.57. The molecule has 1 aromatic carbocycles. The van der Waals surface area contributed by atoms with Crippen molar-refractivity contribution < 1.29 is 19.1 Å². The van der Waals surface area contributed by atoms with E-state index in [0.717, 1.165) is 43.7 Å². The van der Waals surface area contributed by atoms with E-state index in [4.69, 9.17) is 4.74 Å². The SMILES string of the molecule is O=C1CCC(N2Cc3cc(OC4CCCCC4N4CC(c5ccncc5)C4)ccc3C2=O)C(=O)N1. The number of fused-ring (bicyclic) bond motifs is 1. The number of imide groups is 1. The summed E-state index contributed by atoms with van der Waals surface area (Å²) in [6, 6.07) is 9.69. The Morgan fingerprint density at radius 2 is 1.77 bits per heavy atom. The van der Waals surface area contributed by atoms with E-state index in [0.29, 0.717) is 30.5 Å². The molecule has 8 heteroatoms. The van der Waals surface area contributed by atoms with Crippen molar-refractivity contribution in [3.05, 3.63) is 59.4 Å². The molecule has 1 aromatic heterocycles. The molecule has 3 fully saturated rings. The Kier molecular flexibility index (Phi) is 5.76. The Bertz CT molecular complexity index is 1150. The molecule has 4 heterocycles. The standard InChI is InChI=1S/C27H30N4O4/c32-25-8-7-23(26(33)29-25)31-16-18-13-20(5-6-21(18)27(31)34)35-24-4-2-1-3-22(24)30-14-19(15-30)17-9-11-28-12-10-17/h5-6,9-13,19,22-24H,1-4,7-8,14-16H2,(H,29,32,33). The van der Waals surface area contributed by atoms with Gasteiger partial charge >= 0.3 is 0 Å². The molecule has 3 amide bonds. The normalized spacial score (nSPS) is 27.4. The van der Waals surface area contributed by atoms with Crippen LogP contribution in [0.15, 0.2) is 42.7 Å². The molecule has 1 aliphatic carbocycles. The van der Waals surface area contributed by atoms with Gasteiger partial charge in [-0.1, -0.05) is 6.42 Å². The van der Waals surface area contributed by atoms with Crippen molar-refractivity contribution in [1.29, 1.82) is 0 Å². The molecule has 2 aromatic rings. The van der Waals surface area contributed by atoms with Crippen molar-refractivity contribution >= 4 is 17.7 Å². The number of likely N-dealkylation sites (tertiary alicyclic amines) is 1. The minimum Gasteiger partial charge on any atom is -0.489 e. The molecule has 1 saturated carbocycles. The van der Waals surface area contributed by atoms with Gasteiger partial charge in [-0.05, 0) is 67.1 Å². The first-order chi connectivity index (χ1) is 17.1. The van der Waals surface area contributed by atoms with Gasteiger partial charge in [0.2, 0.25) is 11.8 Å². The topological polar surface area (TPSA) is 91.8 Å². The predicted molar refractivity (Wildman–Crippen MR) is 128 cm³/mol. The molecule has 1 N–H and O–H groups in total. The van der Waals surface area contributed by atoms with Crippen molar-refractivity contribution in [3.8, 4) is 5.75 Å². The van der Waals surface area contributed by atoms with E-state index < -0.39 is 6.04 Å². The summed E-state index contributed by atoms with van der Waals surface area (Å²) >= 11 is 0. The number of hydrogen-bond donors (Lipinski definition) is 1. The minimum atomic E-state index is -0.598. The van der Waals surface area contributed by atoms with Gasteiger partial charge in [0.15, 0.2) is 0 Å².